The van der Waals surface area contributed by atoms with Gasteiger partial charge in [0.1, 0.15) is 36.0 Å². The van der Waals surface area contributed by atoms with Gasteiger partial charge in [-0.15, -0.1) is 0 Å². The number of aliphatic hydroxyl groups excluding tert-OH is 2. The summed E-state index contributed by atoms with van der Waals surface area (Å²) in [5.41, 5.74) is -3.89. The van der Waals surface area contributed by atoms with Crippen LogP contribution in [0, 0.1) is 69.0 Å². The van der Waals surface area contributed by atoms with Crippen LogP contribution in [0.1, 0.15) is 92.9 Å². The van der Waals surface area contributed by atoms with Gasteiger partial charge in [-0.2, -0.15) is 0 Å². The number of aliphatic hydroxyl groups is 4. The number of hydrogen-bond acceptors (Lipinski definition) is 10. The average molecular weight is 745 g/mol. The highest BCUT2D eigenvalue weighted by atomic mass is 16.3. The Hall–Kier alpha value is -3.18. The second kappa shape index (κ2) is 12.7. The molecule has 0 heterocycles. The number of hydrogen-bond donors (Lipinski definition) is 4. The fourth-order valence-corrected chi connectivity index (χ4v) is 14.2. The minimum Gasteiger partial charge on any atom is -0.388 e. The molecule has 10 nitrogen and oxygen atoms in total. The summed E-state index contributed by atoms with van der Waals surface area (Å²) < 4.78 is 0. The molecule has 0 aromatic rings. The lowest BCUT2D eigenvalue weighted by atomic mass is 9.46. The molecule has 4 N–H and O–H groups in total. The highest BCUT2D eigenvalue weighted by molar-refractivity contribution is 6.03. The standard InChI is InChI=1S/2C22H28O5/c2*1-12-8-16-15-5-4-13-9-14(24)6-7-20(13,2)19(15)17(25)10-21(16,3)22(12,27)18(26)11-23/h2*6-7,9,12,15-16,19,23,27H,4-5,8,10-11H2,1-3H3/t2*12-,15-,16-,19+,20-,21-,22-/m00/s1. The van der Waals surface area contributed by atoms with Crippen molar-refractivity contribution in [3.8, 4) is 0 Å². The highest BCUT2D eigenvalue weighted by Gasteiger charge is 2.72. The molecule has 0 bridgehead atoms. The zero-order valence-electron chi connectivity index (χ0n) is 32.4. The number of carbonyl (C=O) groups is 6. The van der Waals surface area contributed by atoms with Crippen LogP contribution in [0.3, 0.4) is 0 Å². The second-order valence-corrected chi connectivity index (χ2v) is 19.0. The van der Waals surface area contributed by atoms with Gasteiger partial charge in [-0.25, -0.2) is 0 Å². The first-order valence-corrected chi connectivity index (χ1v) is 19.9. The second-order valence-electron chi connectivity index (χ2n) is 19.0. The van der Waals surface area contributed by atoms with Crippen LogP contribution in [0.5, 0.6) is 0 Å². The Bertz CT molecular complexity index is 1720. The molecule has 0 aromatic carbocycles. The minimum atomic E-state index is -1.66. The van der Waals surface area contributed by atoms with Crippen LogP contribution in [0.15, 0.2) is 47.6 Å². The summed E-state index contributed by atoms with van der Waals surface area (Å²) in [6.07, 6.45) is 15.0. The molecular formula is C44H56O10. The van der Waals surface area contributed by atoms with E-state index >= 15 is 0 Å². The molecule has 6 fully saturated rings. The van der Waals surface area contributed by atoms with Gasteiger partial charge in [0.15, 0.2) is 23.1 Å². The van der Waals surface area contributed by atoms with E-state index in [1.54, 1.807) is 24.3 Å². The van der Waals surface area contributed by atoms with Crippen LogP contribution in [-0.4, -0.2) is 79.5 Å². The van der Waals surface area contributed by atoms with Crippen molar-refractivity contribution < 1.29 is 49.2 Å². The maximum atomic E-state index is 13.4. The number of fused-ring (bicyclic) bond motifs is 10. The summed E-state index contributed by atoms with van der Waals surface area (Å²) in [6.45, 7) is 10.1. The van der Waals surface area contributed by atoms with Crippen molar-refractivity contribution in [2.45, 2.75) is 104 Å². The molecule has 292 valence electrons. The summed E-state index contributed by atoms with van der Waals surface area (Å²) in [4.78, 5) is 75.5. The number of rotatable bonds is 4. The highest BCUT2D eigenvalue weighted by Crippen LogP contribution is 2.69. The van der Waals surface area contributed by atoms with Crippen molar-refractivity contribution in [1.29, 1.82) is 0 Å². The van der Waals surface area contributed by atoms with E-state index in [4.69, 9.17) is 0 Å². The molecule has 0 aliphatic heterocycles. The third-order valence-corrected chi connectivity index (χ3v) is 16.8. The molecule has 0 unspecified atom stereocenters. The van der Waals surface area contributed by atoms with Crippen molar-refractivity contribution in [2.24, 2.45) is 69.0 Å². The minimum absolute atomic E-state index is 0.0218. The van der Waals surface area contributed by atoms with E-state index in [9.17, 15) is 49.2 Å². The van der Waals surface area contributed by atoms with Crippen molar-refractivity contribution in [2.75, 3.05) is 13.2 Å². The molecule has 0 radical (unpaired) electrons. The molecule has 10 heteroatoms. The Morgan fingerprint density at radius 1 is 0.648 bits per heavy atom. The number of allylic oxidation sites excluding steroid dienone is 8. The Morgan fingerprint density at radius 2 is 1.00 bits per heavy atom. The molecule has 14 atom stereocenters. The van der Waals surface area contributed by atoms with Crippen molar-refractivity contribution in [1.82, 2.24) is 0 Å². The predicted octanol–water partition coefficient (Wildman–Crippen LogP) is 4.02. The zero-order chi connectivity index (χ0) is 39.6. The first-order valence-electron chi connectivity index (χ1n) is 19.9. The van der Waals surface area contributed by atoms with Crippen molar-refractivity contribution >= 4 is 34.7 Å². The van der Waals surface area contributed by atoms with Gasteiger partial charge in [-0.3, -0.25) is 28.8 Å². The fraction of sp³-hybridized carbons (Fsp3) is 0.682. The Morgan fingerprint density at radius 3 is 1.33 bits per heavy atom. The van der Waals surface area contributed by atoms with E-state index in [1.807, 2.05) is 53.7 Å². The van der Waals surface area contributed by atoms with E-state index in [-0.39, 0.29) is 83.3 Å². The first-order chi connectivity index (χ1) is 25.2. The molecule has 0 aromatic heterocycles. The number of ketones is 6. The van der Waals surface area contributed by atoms with Gasteiger partial charge in [0, 0.05) is 46.3 Å². The topological polar surface area (TPSA) is 183 Å². The van der Waals surface area contributed by atoms with Crippen LogP contribution in [0.4, 0.5) is 0 Å². The monoisotopic (exact) mass is 744 g/mol. The normalized spacial score (nSPS) is 48.6. The quantitative estimate of drug-likeness (QED) is 0.328. The molecule has 8 aliphatic carbocycles. The van der Waals surface area contributed by atoms with Gasteiger partial charge >= 0.3 is 0 Å². The van der Waals surface area contributed by atoms with Gasteiger partial charge in [0.25, 0.3) is 0 Å². The first kappa shape index (κ1) is 39.1. The molecule has 8 aliphatic rings. The SMILES string of the molecule is C[C@H]1C[C@H]2[C@@H]3CCC4=CC(=O)C=C[C@]4(C)[C@H]3C(=O)C[C@]2(C)[C@@]1(O)C(=O)CO.C[C@H]1C[C@H]2[C@@H]3CCC4=CC(=O)C=C[C@]4(C)[C@H]3C(=O)C[C@]2(C)[C@@]1(O)C(=O)CO. The lowest BCUT2D eigenvalue weighted by Gasteiger charge is -2.56. The van der Waals surface area contributed by atoms with E-state index in [1.165, 1.54) is 0 Å². The van der Waals surface area contributed by atoms with E-state index in [0.717, 1.165) is 36.8 Å². The predicted molar refractivity (Wildman–Crippen MR) is 197 cm³/mol. The molecule has 0 saturated heterocycles. The zero-order valence-corrected chi connectivity index (χ0v) is 32.4. The molecule has 54 heavy (non-hydrogen) atoms. The molecular weight excluding hydrogens is 688 g/mol. The largest absolute Gasteiger partial charge is 0.388 e. The van der Waals surface area contributed by atoms with Gasteiger partial charge in [0.05, 0.1) is 0 Å². The lowest BCUT2D eigenvalue weighted by molar-refractivity contribution is -0.174. The maximum Gasteiger partial charge on any atom is 0.190 e. The van der Waals surface area contributed by atoms with Crippen LogP contribution in [0.2, 0.25) is 0 Å². The van der Waals surface area contributed by atoms with E-state index in [0.29, 0.717) is 12.8 Å². The molecule has 6 saturated carbocycles. The number of Topliss-reactive ketones (excluding diaryl/α,β-unsaturated/α-hetero) is 4. The van der Waals surface area contributed by atoms with Crippen LogP contribution in [0.25, 0.3) is 0 Å². The summed E-state index contributed by atoms with van der Waals surface area (Å²) in [5, 5.41) is 41.7. The fourth-order valence-electron chi connectivity index (χ4n) is 14.2. The van der Waals surface area contributed by atoms with Gasteiger partial charge in [-0.1, -0.05) is 64.8 Å². The Kier molecular flexibility index (Phi) is 9.16. The molecule has 8 rings (SSSR count). The molecule has 0 spiro atoms. The average Bonchev–Trinajstić information content (AvgIpc) is 3.46. The van der Waals surface area contributed by atoms with Crippen LogP contribution in [-0.2, 0) is 28.8 Å². The van der Waals surface area contributed by atoms with Crippen molar-refractivity contribution in [3.05, 3.63) is 47.6 Å². The molecule has 0 amide bonds. The number of carbonyl (C=O) groups excluding carboxylic acids is 6. The van der Waals surface area contributed by atoms with E-state index in [2.05, 4.69) is 0 Å². The lowest BCUT2D eigenvalue weighted by Crippen LogP contribution is -2.61. The summed E-state index contributed by atoms with van der Waals surface area (Å²) in [5.74, 6) is -1.89. The van der Waals surface area contributed by atoms with Crippen molar-refractivity contribution in [3.63, 3.8) is 0 Å². The van der Waals surface area contributed by atoms with E-state index < -0.39 is 57.6 Å². The smallest absolute Gasteiger partial charge is 0.190 e. The Balaban J connectivity index is 0.000000167. The van der Waals surface area contributed by atoms with Gasteiger partial charge in [-0.05, 0) is 98.3 Å². The summed E-state index contributed by atoms with van der Waals surface area (Å²) in [7, 11) is 0. The maximum absolute atomic E-state index is 13.4. The third kappa shape index (κ3) is 4.91. The van der Waals surface area contributed by atoms with Crippen LogP contribution >= 0.6 is 0 Å². The summed E-state index contributed by atoms with van der Waals surface area (Å²) in [6, 6.07) is 0. The van der Waals surface area contributed by atoms with Gasteiger partial charge in [0.2, 0.25) is 0 Å². The Labute approximate surface area is 317 Å². The third-order valence-electron chi connectivity index (χ3n) is 16.8. The summed E-state index contributed by atoms with van der Waals surface area (Å²) >= 11 is 0. The van der Waals surface area contributed by atoms with Crippen LogP contribution < -0.4 is 0 Å². The van der Waals surface area contributed by atoms with Gasteiger partial charge < -0.3 is 20.4 Å².